The second-order valence-electron chi connectivity index (χ2n) is 5.07. The van der Waals surface area contributed by atoms with Gasteiger partial charge in [-0.15, -0.1) is 0 Å². The number of ketones is 3. The standard InChI is InChI=1S/C15H14O3/c16-12-8-4-3-7-11(12)13-14(17)9-5-1-2-6-10(9)15(13)18/h1-2,5-6,11,13H,3-4,7-8H2. The van der Waals surface area contributed by atoms with Crippen LogP contribution in [0.1, 0.15) is 46.4 Å². The molecule has 1 aromatic rings. The molecule has 0 radical (unpaired) electrons. The van der Waals surface area contributed by atoms with Gasteiger partial charge in [0.15, 0.2) is 11.6 Å². The molecule has 0 N–H and O–H groups in total. The molecular weight excluding hydrogens is 228 g/mol. The number of rotatable bonds is 1. The minimum atomic E-state index is -0.741. The van der Waals surface area contributed by atoms with Crippen molar-refractivity contribution in [3.63, 3.8) is 0 Å². The van der Waals surface area contributed by atoms with Crippen molar-refractivity contribution in [3.8, 4) is 0 Å². The Kier molecular flexibility index (Phi) is 2.62. The predicted molar refractivity (Wildman–Crippen MR) is 65.6 cm³/mol. The average Bonchev–Trinajstić information content (AvgIpc) is 2.64. The fraction of sp³-hybridized carbons (Fsp3) is 0.400. The van der Waals surface area contributed by atoms with Crippen molar-refractivity contribution in [1.82, 2.24) is 0 Å². The van der Waals surface area contributed by atoms with E-state index >= 15 is 0 Å². The van der Waals surface area contributed by atoms with Crippen LogP contribution in [0.4, 0.5) is 0 Å². The first kappa shape index (κ1) is 11.3. The van der Waals surface area contributed by atoms with Crippen molar-refractivity contribution in [2.75, 3.05) is 0 Å². The molecule has 0 heterocycles. The topological polar surface area (TPSA) is 51.2 Å². The molecule has 2 aliphatic carbocycles. The van der Waals surface area contributed by atoms with Gasteiger partial charge >= 0.3 is 0 Å². The summed E-state index contributed by atoms with van der Waals surface area (Å²) in [6.45, 7) is 0. The zero-order valence-electron chi connectivity index (χ0n) is 10.0. The molecule has 0 spiro atoms. The zero-order chi connectivity index (χ0) is 12.7. The molecule has 3 nitrogen and oxygen atoms in total. The fourth-order valence-electron chi connectivity index (χ4n) is 3.09. The van der Waals surface area contributed by atoms with E-state index in [4.69, 9.17) is 0 Å². The molecule has 18 heavy (non-hydrogen) atoms. The Balaban J connectivity index is 1.99. The Morgan fingerprint density at radius 1 is 0.889 bits per heavy atom. The molecule has 1 saturated carbocycles. The van der Waals surface area contributed by atoms with Crippen LogP contribution < -0.4 is 0 Å². The number of carbonyl (C=O) groups excluding carboxylic acids is 3. The minimum Gasteiger partial charge on any atom is -0.299 e. The fourth-order valence-corrected chi connectivity index (χ4v) is 3.09. The van der Waals surface area contributed by atoms with Crippen LogP contribution in [-0.2, 0) is 4.79 Å². The van der Waals surface area contributed by atoms with E-state index in [0.29, 0.717) is 24.0 Å². The van der Waals surface area contributed by atoms with E-state index in [0.717, 1.165) is 12.8 Å². The normalized spacial score (nSPS) is 24.4. The van der Waals surface area contributed by atoms with Gasteiger partial charge in [-0.1, -0.05) is 30.7 Å². The molecule has 3 heteroatoms. The van der Waals surface area contributed by atoms with Gasteiger partial charge in [0.1, 0.15) is 5.78 Å². The first-order valence-electron chi connectivity index (χ1n) is 6.40. The van der Waals surface area contributed by atoms with Crippen LogP contribution in [-0.4, -0.2) is 17.3 Å². The summed E-state index contributed by atoms with van der Waals surface area (Å²) in [5, 5.41) is 0. The van der Waals surface area contributed by atoms with Crippen LogP contribution in [0.5, 0.6) is 0 Å². The largest absolute Gasteiger partial charge is 0.299 e. The Morgan fingerprint density at radius 3 is 2.06 bits per heavy atom. The van der Waals surface area contributed by atoms with Crippen LogP contribution in [0.15, 0.2) is 24.3 Å². The van der Waals surface area contributed by atoms with Crippen molar-refractivity contribution in [3.05, 3.63) is 35.4 Å². The monoisotopic (exact) mass is 242 g/mol. The minimum absolute atomic E-state index is 0.0840. The molecule has 0 saturated heterocycles. The van der Waals surface area contributed by atoms with E-state index in [-0.39, 0.29) is 23.3 Å². The second kappa shape index (κ2) is 4.16. The lowest BCUT2D eigenvalue weighted by Crippen LogP contribution is -2.33. The van der Waals surface area contributed by atoms with Gasteiger partial charge in [0.2, 0.25) is 0 Å². The highest BCUT2D eigenvalue weighted by molar-refractivity contribution is 6.27. The Hall–Kier alpha value is -1.77. The molecule has 0 aliphatic heterocycles. The third kappa shape index (κ3) is 1.54. The molecule has 0 aromatic heterocycles. The van der Waals surface area contributed by atoms with E-state index in [1.807, 2.05) is 0 Å². The SMILES string of the molecule is O=C1CCCCC1C1C(=O)c2ccccc2C1=O. The van der Waals surface area contributed by atoms with E-state index in [9.17, 15) is 14.4 Å². The van der Waals surface area contributed by atoms with Crippen molar-refractivity contribution < 1.29 is 14.4 Å². The first-order valence-corrected chi connectivity index (χ1v) is 6.40. The lowest BCUT2D eigenvalue weighted by Gasteiger charge is -2.23. The Labute approximate surface area is 105 Å². The lowest BCUT2D eigenvalue weighted by atomic mass is 9.77. The van der Waals surface area contributed by atoms with Crippen molar-refractivity contribution in [2.24, 2.45) is 11.8 Å². The highest BCUT2D eigenvalue weighted by Gasteiger charge is 2.45. The van der Waals surface area contributed by atoms with Gasteiger partial charge in [0.05, 0.1) is 5.92 Å². The van der Waals surface area contributed by atoms with Gasteiger partial charge in [0.25, 0.3) is 0 Å². The lowest BCUT2D eigenvalue weighted by molar-refractivity contribution is -0.125. The van der Waals surface area contributed by atoms with Crippen LogP contribution in [0.3, 0.4) is 0 Å². The van der Waals surface area contributed by atoms with Gasteiger partial charge in [-0.2, -0.15) is 0 Å². The van der Waals surface area contributed by atoms with Crippen LogP contribution in [0.25, 0.3) is 0 Å². The molecule has 92 valence electrons. The summed E-state index contributed by atoms with van der Waals surface area (Å²) in [5.74, 6) is -1.35. The molecule has 3 rings (SSSR count). The zero-order valence-corrected chi connectivity index (χ0v) is 10.0. The summed E-state index contributed by atoms with van der Waals surface area (Å²) in [5.41, 5.74) is 0.983. The highest BCUT2D eigenvalue weighted by Crippen LogP contribution is 2.36. The Bertz CT molecular complexity index is 509. The summed E-state index contributed by atoms with van der Waals surface area (Å²) >= 11 is 0. The summed E-state index contributed by atoms with van der Waals surface area (Å²) in [4.78, 5) is 36.5. The maximum absolute atomic E-state index is 12.3. The highest BCUT2D eigenvalue weighted by atomic mass is 16.2. The van der Waals surface area contributed by atoms with Crippen molar-refractivity contribution >= 4 is 17.3 Å². The van der Waals surface area contributed by atoms with Crippen LogP contribution in [0.2, 0.25) is 0 Å². The maximum Gasteiger partial charge on any atom is 0.175 e. The molecule has 2 aliphatic rings. The molecule has 1 fully saturated rings. The number of hydrogen-bond acceptors (Lipinski definition) is 3. The molecule has 1 unspecified atom stereocenters. The molecule has 1 atom stereocenters. The van der Waals surface area contributed by atoms with Gasteiger partial charge in [-0.3, -0.25) is 14.4 Å². The maximum atomic E-state index is 12.3. The third-order valence-electron chi connectivity index (χ3n) is 4.03. The van der Waals surface area contributed by atoms with E-state index in [1.165, 1.54) is 0 Å². The molecule has 0 bridgehead atoms. The number of carbonyl (C=O) groups is 3. The van der Waals surface area contributed by atoms with Crippen LogP contribution in [0, 0.1) is 11.8 Å². The quantitative estimate of drug-likeness (QED) is 0.711. The van der Waals surface area contributed by atoms with Crippen molar-refractivity contribution in [1.29, 1.82) is 0 Å². The van der Waals surface area contributed by atoms with Crippen molar-refractivity contribution in [2.45, 2.75) is 25.7 Å². The molecule has 0 amide bonds. The van der Waals surface area contributed by atoms with E-state index < -0.39 is 5.92 Å². The average molecular weight is 242 g/mol. The van der Waals surface area contributed by atoms with Gasteiger partial charge in [0, 0.05) is 23.5 Å². The summed E-state index contributed by atoms with van der Waals surface area (Å²) in [7, 11) is 0. The smallest absolute Gasteiger partial charge is 0.175 e. The second-order valence-corrected chi connectivity index (χ2v) is 5.07. The predicted octanol–water partition coefficient (Wildman–Crippen LogP) is 2.44. The first-order chi connectivity index (χ1) is 8.70. The number of benzene rings is 1. The summed E-state index contributed by atoms with van der Waals surface area (Å²) in [6, 6.07) is 6.88. The number of Topliss-reactive ketones (excluding diaryl/α,β-unsaturated/α-hetero) is 3. The van der Waals surface area contributed by atoms with Gasteiger partial charge in [-0.05, 0) is 12.8 Å². The van der Waals surface area contributed by atoms with Gasteiger partial charge in [-0.25, -0.2) is 0 Å². The molecular formula is C15H14O3. The number of hydrogen-bond donors (Lipinski definition) is 0. The van der Waals surface area contributed by atoms with E-state index in [1.54, 1.807) is 24.3 Å². The van der Waals surface area contributed by atoms with E-state index in [2.05, 4.69) is 0 Å². The van der Waals surface area contributed by atoms with Crippen LogP contribution >= 0.6 is 0 Å². The Morgan fingerprint density at radius 2 is 1.50 bits per heavy atom. The molecule has 1 aromatic carbocycles. The third-order valence-corrected chi connectivity index (χ3v) is 4.03. The summed E-state index contributed by atoms with van der Waals surface area (Å²) in [6.07, 6.45) is 3.01. The number of fused-ring (bicyclic) bond motifs is 1. The van der Waals surface area contributed by atoms with Gasteiger partial charge < -0.3 is 0 Å². The summed E-state index contributed by atoms with van der Waals surface area (Å²) < 4.78 is 0.